The van der Waals surface area contributed by atoms with Crippen molar-refractivity contribution in [2.24, 2.45) is 0 Å². The normalized spacial score (nSPS) is 12.8. The van der Waals surface area contributed by atoms with Gasteiger partial charge < -0.3 is 4.90 Å². The lowest BCUT2D eigenvalue weighted by Crippen LogP contribution is -2.41. The van der Waals surface area contributed by atoms with Crippen LogP contribution in [0.3, 0.4) is 0 Å². The highest BCUT2D eigenvalue weighted by atomic mass is 32.2. The van der Waals surface area contributed by atoms with Gasteiger partial charge in [-0.1, -0.05) is 32.5 Å². The van der Waals surface area contributed by atoms with E-state index in [1.165, 1.54) is 11.8 Å². The zero-order valence-electron chi connectivity index (χ0n) is 9.76. The van der Waals surface area contributed by atoms with Crippen LogP contribution in [0.2, 0.25) is 0 Å². The molecule has 0 aromatic carbocycles. The highest BCUT2D eigenvalue weighted by Crippen LogP contribution is 2.28. The molecule has 0 fully saturated rings. The van der Waals surface area contributed by atoms with Crippen molar-refractivity contribution in [3.05, 3.63) is 0 Å². The second kappa shape index (κ2) is 3.91. The average Bonchev–Trinajstić information content (AvgIpc) is 1.79. The second-order valence-corrected chi connectivity index (χ2v) is 6.99. The Morgan fingerprint density at radius 1 is 1.08 bits per heavy atom. The summed E-state index contributed by atoms with van der Waals surface area (Å²) in [7, 11) is 1.85. The summed E-state index contributed by atoms with van der Waals surface area (Å²) in [6.45, 7) is 12.3. The molecule has 0 radical (unpaired) electrons. The third kappa shape index (κ3) is 5.19. The molecule has 0 aliphatic carbocycles. The van der Waals surface area contributed by atoms with Crippen molar-refractivity contribution < 1.29 is 4.79 Å². The number of carbonyl (C=O) groups is 1. The Kier molecular flexibility index (Phi) is 3.85. The number of hydrogen-bond donors (Lipinski definition) is 0. The summed E-state index contributed by atoms with van der Waals surface area (Å²) in [5, 5.41) is 0.139. The van der Waals surface area contributed by atoms with Crippen molar-refractivity contribution in [3.63, 3.8) is 0 Å². The van der Waals surface area contributed by atoms with E-state index in [0.717, 1.165) is 0 Å². The molecule has 0 saturated carbocycles. The van der Waals surface area contributed by atoms with Gasteiger partial charge in [0.2, 0.25) is 0 Å². The third-order valence-electron chi connectivity index (χ3n) is 1.67. The lowest BCUT2D eigenvalue weighted by molar-refractivity contribution is 0.189. The standard InChI is InChI=1S/C10H21NOS/c1-9(2,3)11(7)8(12)13-10(4,5)6/h1-7H3. The molecule has 78 valence electrons. The van der Waals surface area contributed by atoms with Gasteiger partial charge in [0, 0.05) is 17.3 Å². The molecule has 0 aromatic rings. The smallest absolute Gasteiger partial charge is 0.282 e. The van der Waals surface area contributed by atoms with Crippen LogP contribution in [-0.2, 0) is 0 Å². The van der Waals surface area contributed by atoms with Gasteiger partial charge >= 0.3 is 0 Å². The van der Waals surface area contributed by atoms with Gasteiger partial charge in [-0.25, -0.2) is 0 Å². The van der Waals surface area contributed by atoms with Crippen molar-refractivity contribution >= 4 is 17.0 Å². The molecule has 0 saturated heterocycles. The highest BCUT2D eigenvalue weighted by Gasteiger charge is 2.26. The Morgan fingerprint density at radius 3 is 1.69 bits per heavy atom. The Labute approximate surface area is 86.1 Å². The predicted molar refractivity (Wildman–Crippen MR) is 60.3 cm³/mol. The van der Waals surface area contributed by atoms with E-state index >= 15 is 0 Å². The monoisotopic (exact) mass is 203 g/mol. The molecule has 0 rings (SSSR count). The molecular weight excluding hydrogens is 182 g/mol. The number of nitrogens with zero attached hydrogens (tertiary/aromatic N) is 1. The summed E-state index contributed by atoms with van der Waals surface area (Å²) in [5.41, 5.74) is -0.0880. The fourth-order valence-electron chi connectivity index (χ4n) is 0.604. The first-order chi connectivity index (χ1) is 5.54. The molecule has 1 amide bonds. The van der Waals surface area contributed by atoms with Crippen LogP contribution in [-0.4, -0.2) is 27.5 Å². The zero-order chi connectivity index (χ0) is 10.9. The van der Waals surface area contributed by atoms with Crippen molar-refractivity contribution in [1.82, 2.24) is 4.90 Å². The summed E-state index contributed by atoms with van der Waals surface area (Å²) < 4.78 is -0.00338. The van der Waals surface area contributed by atoms with Crippen LogP contribution < -0.4 is 0 Å². The largest absolute Gasteiger partial charge is 0.332 e. The molecule has 0 aromatic heterocycles. The molecule has 0 N–H and O–H groups in total. The molecule has 0 heterocycles. The van der Waals surface area contributed by atoms with E-state index in [4.69, 9.17) is 0 Å². The quantitative estimate of drug-likeness (QED) is 0.601. The summed E-state index contributed by atoms with van der Waals surface area (Å²) >= 11 is 1.38. The van der Waals surface area contributed by atoms with Crippen LogP contribution >= 0.6 is 11.8 Å². The first kappa shape index (κ1) is 12.8. The maximum absolute atomic E-state index is 11.7. The van der Waals surface area contributed by atoms with Gasteiger partial charge in [0.05, 0.1) is 0 Å². The minimum Gasteiger partial charge on any atom is -0.332 e. The number of hydrogen-bond acceptors (Lipinski definition) is 2. The Balaban J connectivity index is 4.30. The molecule has 0 unspecified atom stereocenters. The number of thioether (sulfide) groups is 1. The van der Waals surface area contributed by atoms with E-state index in [1.54, 1.807) is 4.90 Å². The molecule has 0 aliphatic rings. The van der Waals surface area contributed by atoms with E-state index in [-0.39, 0.29) is 15.5 Å². The Hall–Kier alpha value is -0.180. The van der Waals surface area contributed by atoms with Gasteiger partial charge in [-0.2, -0.15) is 0 Å². The van der Waals surface area contributed by atoms with Crippen molar-refractivity contribution in [3.8, 4) is 0 Å². The Bertz CT molecular complexity index is 188. The van der Waals surface area contributed by atoms with Crippen LogP contribution in [0.1, 0.15) is 41.5 Å². The first-order valence-electron chi connectivity index (χ1n) is 4.51. The van der Waals surface area contributed by atoms with Gasteiger partial charge in [0.25, 0.3) is 5.24 Å². The molecule has 0 atom stereocenters. The van der Waals surface area contributed by atoms with Crippen LogP contribution in [0, 0.1) is 0 Å². The molecule has 0 spiro atoms. The summed E-state index contributed by atoms with van der Waals surface area (Å²) in [6.07, 6.45) is 0. The van der Waals surface area contributed by atoms with Gasteiger partial charge in [-0.15, -0.1) is 0 Å². The van der Waals surface area contributed by atoms with E-state index in [2.05, 4.69) is 0 Å². The number of rotatable bonds is 0. The fraction of sp³-hybridized carbons (Fsp3) is 0.900. The number of carbonyl (C=O) groups excluding carboxylic acids is 1. The topological polar surface area (TPSA) is 20.3 Å². The van der Waals surface area contributed by atoms with E-state index in [1.807, 2.05) is 48.6 Å². The fourth-order valence-corrected chi connectivity index (χ4v) is 1.54. The van der Waals surface area contributed by atoms with Crippen LogP contribution in [0.15, 0.2) is 0 Å². The molecule has 0 aliphatic heterocycles. The lowest BCUT2D eigenvalue weighted by Gasteiger charge is -2.33. The minimum absolute atomic E-state index is 0.00338. The summed E-state index contributed by atoms with van der Waals surface area (Å²) in [4.78, 5) is 13.5. The van der Waals surface area contributed by atoms with E-state index in [0.29, 0.717) is 0 Å². The van der Waals surface area contributed by atoms with Gasteiger partial charge in [0.15, 0.2) is 0 Å². The SMILES string of the molecule is CN(C(=O)SC(C)(C)C)C(C)(C)C. The van der Waals surface area contributed by atoms with Crippen LogP contribution in [0.4, 0.5) is 4.79 Å². The van der Waals surface area contributed by atoms with Crippen molar-refractivity contribution in [2.45, 2.75) is 51.8 Å². The van der Waals surface area contributed by atoms with Gasteiger partial charge in [0.1, 0.15) is 0 Å². The van der Waals surface area contributed by atoms with Crippen molar-refractivity contribution in [2.75, 3.05) is 7.05 Å². The third-order valence-corrected chi connectivity index (χ3v) is 2.73. The Morgan fingerprint density at radius 2 is 1.46 bits per heavy atom. The summed E-state index contributed by atoms with van der Waals surface area (Å²) in [6, 6.07) is 0. The van der Waals surface area contributed by atoms with E-state index < -0.39 is 0 Å². The van der Waals surface area contributed by atoms with Gasteiger partial charge in [-0.05, 0) is 20.8 Å². The molecule has 2 nitrogen and oxygen atoms in total. The predicted octanol–water partition coefficient (Wildman–Crippen LogP) is 3.37. The number of amides is 1. The second-order valence-electron chi connectivity index (χ2n) is 5.21. The molecule has 3 heteroatoms. The molecule has 0 bridgehead atoms. The van der Waals surface area contributed by atoms with Crippen molar-refractivity contribution in [1.29, 1.82) is 0 Å². The lowest BCUT2D eigenvalue weighted by atomic mass is 10.1. The zero-order valence-corrected chi connectivity index (χ0v) is 10.6. The average molecular weight is 203 g/mol. The summed E-state index contributed by atoms with van der Waals surface area (Å²) in [5.74, 6) is 0. The maximum atomic E-state index is 11.7. The van der Waals surface area contributed by atoms with Crippen LogP contribution in [0.5, 0.6) is 0 Å². The maximum Gasteiger partial charge on any atom is 0.282 e. The van der Waals surface area contributed by atoms with Gasteiger partial charge in [-0.3, -0.25) is 4.79 Å². The van der Waals surface area contributed by atoms with E-state index in [9.17, 15) is 4.79 Å². The minimum atomic E-state index is -0.0880. The first-order valence-corrected chi connectivity index (χ1v) is 5.32. The molecule has 13 heavy (non-hydrogen) atoms. The van der Waals surface area contributed by atoms with Crippen LogP contribution in [0.25, 0.3) is 0 Å². The molecular formula is C10H21NOS. The highest BCUT2D eigenvalue weighted by molar-refractivity contribution is 8.14.